The van der Waals surface area contributed by atoms with E-state index in [1.54, 1.807) is 0 Å². The maximum Gasteiger partial charge on any atom is 0.176 e. The van der Waals surface area contributed by atoms with Crippen molar-refractivity contribution < 1.29 is 12.5 Å². The van der Waals surface area contributed by atoms with Crippen molar-refractivity contribution in [3.8, 4) is 11.5 Å². The Bertz CT molecular complexity index is 745. The third kappa shape index (κ3) is 12.7. The molecule has 33 heavy (non-hydrogen) atoms. The molecule has 0 aliphatic heterocycles. The molecular weight excluding hydrogens is 485 g/mol. The topological polar surface area (TPSA) is 79.7 Å². The minimum Gasteiger partial charge on any atom is -0.456 e. The van der Waals surface area contributed by atoms with E-state index < -0.39 is 16.6 Å². The van der Waals surface area contributed by atoms with Gasteiger partial charge in [-0.15, -0.1) is 0 Å². The number of rotatable bonds is 16. The second-order valence-electron chi connectivity index (χ2n) is 9.53. The molecular formula is C24H40N2O3S2Si2. The van der Waals surface area contributed by atoms with Crippen LogP contribution in [0.15, 0.2) is 48.5 Å². The SMILES string of the molecule is C[Si](C)(C)O[Si](C)(CCCCSOc1ccc(N)cc1)CCCCSOc1ccc(N)cc1. The number of hydrogen-bond acceptors (Lipinski definition) is 7. The lowest BCUT2D eigenvalue weighted by Crippen LogP contribution is -2.44. The Morgan fingerprint density at radius 3 is 1.39 bits per heavy atom. The number of benzene rings is 2. The van der Waals surface area contributed by atoms with Crippen LogP contribution in [0, 0.1) is 0 Å². The van der Waals surface area contributed by atoms with Crippen molar-refractivity contribution in [1.29, 1.82) is 0 Å². The zero-order chi connectivity index (χ0) is 24.2. The Labute approximate surface area is 211 Å². The summed E-state index contributed by atoms with van der Waals surface area (Å²) in [6.07, 6.45) is 4.67. The highest BCUT2D eigenvalue weighted by atomic mass is 32.2. The van der Waals surface area contributed by atoms with Gasteiger partial charge in [-0.05, 0) is 99.6 Å². The van der Waals surface area contributed by atoms with E-state index in [2.05, 4.69) is 26.2 Å². The maximum atomic E-state index is 6.78. The van der Waals surface area contributed by atoms with Gasteiger partial charge in [0, 0.05) is 22.9 Å². The third-order valence-electron chi connectivity index (χ3n) is 4.99. The smallest absolute Gasteiger partial charge is 0.176 e. The van der Waals surface area contributed by atoms with Crippen LogP contribution >= 0.6 is 24.1 Å². The second kappa shape index (κ2) is 14.2. The summed E-state index contributed by atoms with van der Waals surface area (Å²) in [5.74, 6) is 3.68. The molecule has 0 aromatic heterocycles. The Morgan fingerprint density at radius 1 is 0.636 bits per heavy atom. The Morgan fingerprint density at radius 2 is 1.03 bits per heavy atom. The van der Waals surface area contributed by atoms with Gasteiger partial charge in [0.2, 0.25) is 0 Å². The van der Waals surface area contributed by atoms with Crippen molar-refractivity contribution in [1.82, 2.24) is 0 Å². The highest BCUT2D eigenvalue weighted by Crippen LogP contribution is 2.28. The van der Waals surface area contributed by atoms with Crippen molar-refractivity contribution in [2.75, 3.05) is 23.0 Å². The van der Waals surface area contributed by atoms with Gasteiger partial charge in [0.1, 0.15) is 11.5 Å². The summed E-state index contributed by atoms with van der Waals surface area (Å²) in [7, 11) is -3.27. The molecule has 0 fully saturated rings. The number of nitrogens with two attached hydrogens (primary N) is 2. The van der Waals surface area contributed by atoms with Crippen LogP contribution in [-0.4, -0.2) is 28.1 Å². The summed E-state index contributed by atoms with van der Waals surface area (Å²) >= 11 is 3.04. The van der Waals surface area contributed by atoms with Gasteiger partial charge in [-0.1, -0.05) is 12.8 Å². The van der Waals surface area contributed by atoms with Crippen LogP contribution in [0.5, 0.6) is 11.5 Å². The fourth-order valence-electron chi connectivity index (χ4n) is 3.55. The molecule has 9 heteroatoms. The van der Waals surface area contributed by atoms with Gasteiger partial charge in [-0.2, -0.15) is 0 Å². The van der Waals surface area contributed by atoms with Gasteiger partial charge < -0.3 is 23.9 Å². The van der Waals surface area contributed by atoms with E-state index in [4.69, 9.17) is 23.9 Å². The van der Waals surface area contributed by atoms with Crippen LogP contribution in [0.25, 0.3) is 0 Å². The molecule has 0 heterocycles. The van der Waals surface area contributed by atoms with Gasteiger partial charge in [0.15, 0.2) is 16.6 Å². The summed E-state index contributed by atoms with van der Waals surface area (Å²) in [5, 5.41) is 0. The molecule has 0 bridgehead atoms. The number of anilines is 2. The van der Waals surface area contributed by atoms with Crippen LogP contribution in [-0.2, 0) is 4.12 Å². The molecule has 5 nitrogen and oxygen atoms in total. The van der Waals surface area contributed by atoms with Gasteiger partial charge >= 0.3 is 0 Å². The van der Waals surface area contributed by atoms with Gasteiger partial charge in [-0.25, -0.2) is 0 Å². The predicted molar refractivity (Wildman–Crippen MR) is 152 cm³/mol. The molecule has 2 aromatic rings. The molecule has 2 aromatic carbocycles. The van der Waals surface area contributed by atoms with Crippen molar-refractivity contribution in [2.24, 2.45) is 0 Å². The van der Waals surface area contributed by atoms with Crippen LogP contribution in [0.3, 0.4) is 0 Å². The van der Waals surface area contributed by atoms with E-state index in [-0.39, 0.29) is 0 Å². The van der Waals surface area contributed by atoms with E-state index in [1.165, 1.54) is 49.0 Å². The fourth-order valence-corrected chi connectivity index (χ4v) is 13.8. The number of unbranched alkanes of at least 4 members (excludes halogenated alkanes) is 2. The molecule has 0 saturated carbocycles. The highest BCUT2D eigenvalue weighted by molar-refractivity contribution is 7.95. The lowest BCUT2D eigenvalue weighted by molar-refractivity contribution is 0.526. The first-order chi connectivity index (χ1) is 15.7. The minimum atomic E-state index is -1.71. The maximum absolute atomic E-state index is 6.78. The van der Waals surface area contributed by atoms with Crippen molar-refractivity contribution in [3.63, 3.8) is 0 Å². The first kappa shape index (κ1) is 28.0. The number of nitrogen functional groups attached to an aromatic ring is 2. The van der Waals surface area contributed by atoms with Gasteiger partial charge in [0.25, 0.3) is 0 Å². The molecule has 4 N–H and O–H groups in total. The first-order valence-corrected chi connectivity index (χ1v) is 19.7. The monoisotopic (exact) mass is 524 g/mol. The predicted octanol–water partition coefficient (Wildman–Crippen LogP) is 7.59. The van der Waals surface area contributed by atoms with Gasteiger partial charge in [-0.3, -0.25) is 0 Å². The molecule has 184 valence electrons. The normalized spacial score (nSPS) is 12.0. The Kier molecular flexibility index (Phi) is 12.0. The Hall–Kier alpha value is -1.27. The van der Waals surface area contributed by atoms with Crippen molar-refractivity contribution in [2.45, 2.75) is 64.0 Å². The second-order valence-corrected chi connectivity index (χ2v) is 20.1. The highest BCUT2D eigenvalue weighted by Gasteiger charge is 2.33. The average molecular weight is 525 g/mol. The van der Waals surface area contributed by atoms with Crippen LogP contribution in [0.2, 0.25) is 38.3 Å². The van der Waals surface area contributed by atoms with Gasteiger partial charge in [0.05, 0.1) is 24.1 Å². The summed E-state index contributed by atoms with van der Waals surface area (Å²) < 4.78 is 18.3. The quantitative estimate of drug-likeness (QED) is 0.101. The summed E-state index contributed by atoms with van der Waals surface area (Å²) in [6, 6.07) is 17.5. The molecule has 0 atom stereocenters. The molecule has 0 saturated heterocycles. The standard InChI is InChI=1S/C24H40N2O3S2Si2/c1-32(2,3)29-33(4,19-7-5-17-30-27-23-13-9-21(25)10-14-23)20-8-6-18-31-28-24-15-11-22(26)12-16-24/h9-16H,5-8,17-20,25-26H2,1-4H3. The molecule has 2 rings (SSSR count). The van der Waals surface area contributed by atoms with E-state index in [1.807, 2.05) is 48.5 Å². The summed E-state index contributed by atoms with van der Waals surface area (Å²) in [6.45, 7) is 9.36. The first-order valence-electron chi connectivity index (χ1n) is 11.7. The lowest BCUT2D eigenvalue weighted by Gasteiger charge is -2.35. The molecule has 0 amide bonds. The lowest BCUT2D eigenvalue weighted by atomic mass is 10.3. The van der Waals surface area contributed by atoms with E-state index in [9.17, 15) is 0 Å². The van der Waals surface area contributed by atoms with Crippen molar-refractivity contribution in [3.05, 3.63) is 48.5 Å². The third-order valence-corrected chi connectivity index (χ3v) is 13.8. The molecule has 0 unspecified atom stereocenters. The van der Waals surface area contributed by atoms with Crippen LogP contribution < -0.4 is 19.8 Å². The zero-order valence-electron chi connectivity index (χ0n) is 20.5. The number of hydrogen-bond donors (Lipinski definition) is 2. The van der Waals surface area contributed by atoms with Crippen LogP contribution in [0.4, 0.5) is 11.4 Å². The van der Waals surface area contributed by atoms with E-state index in [0.717, 1.165) is 47.2 Å². The largest absolute Gasteiger partial charge is 0.456 e. The molecule has 0 aliphatic carbocycles. The van der Waals surface area contributed by atoms with E-state index in [0.29, 0.717) is 0 Å². The minimum absolute atomic E-state index is 0.756. The summed E-state index contributed by atoms with van der Waals surface area (Å²) in [5.41, 5.74) is 12.9. The molecule has 0 aliphatic rings. The molecule has 0 spiro atoms. The Balaban J connectivity index is 1.64. The molecule has 0 radical (unpaired) electrons. The summed E-state index contributed by atoms with van der Waals surface area (Å²) in [4.78, 5) is 0. The van der Waals surface area contributed by atoms with Crippen molar-refractivity contribution >= 4 is 52.1 Å². The van der Waals surface area contributed by atoms with E-state index >= 15 is 0 Å². The average Bonchev–Trinajstić information content (AvgIpc) is 2.74. The zero-order valence-corrected chi connectivity index (χ0v) is 24.1. The van der Waals surface area contributed by atoms with Crippen LogP contribution in [0.1, 0.15) is 25.7 Å². The fraction of sp³-hybridized carbons (Fsp3) is 0.500.